The lowest BCUT2D eigenvalue weighted by atomic mass is 10.0. The van der Waals surface area contributed by atoms with E-state index in [1.807, 2.05) is 36.4 Å². The third-order valence-corrected chi connectivity index (χ3v) is 3.25. The fourth-order valence-electron chi connectivity index (χ4n) is 1.84. The molecule has 0 aromatic heterocycles. The quantitative estimate of drug-likeness (QED) is 0.440. The average molecular weight is 338 g/mol. The van der Waals surface area contributed by atoms with Gasteiger partial charge in [0.05, 0.1) is 12.9 Å². The Morgan fingerprint density at radius 3 is 2.21 bits per heavy atom. The van der Waals surface area contributed by atoms with Crippen LogP contribution in [0, 0.1) is 0 Å². The molecule has 132 valence electrons. The van der Waals surface area contributed by atoms with Crippen LogP contribution in [0.25, 0.3) is 0 Å². The van der Waals surface area contributed by atoms with Crippen LogP contribution in [-0.4, -0.2) is 62.8 Å². The van der Waals surface area contributed by atoms with Crippen LogP contribution >= 0.6 is 0 Å². The third kappa shape index (κ3) is 6.23. The second kappa shape index (κ2) is 10.7. The molecule has 1 heterocycles. The highest BCUT2D eigenvalue weighted by Gasteiger charge is 2.29. The third-order valence-electron chi connectivity index (χ3n) is 3.25. The number of carbonyl (C=O) groups excluding carboxylic acids is 1. The number of rotatable bonds is 6. The summed E-state index contributed by atoms with van der Waals surface area (Å²) in [4.78, 5) is 9.90. The molecule has 5 unspecified atom stereocenters. The van der Waals surface area contributed by atoms with Crippen molar-refractivity contribution in [1.29, 1.82) is 0 Å². The summed E-state index contributed by atoms with van der Waals surface area (Å²) in [6.07, 6.45) is 0.901. The summed E-state index contributed by atoms with van der Waals surface area (Å²) >= 11 is 0. The number of hydrogen-bond acceptors (Lipinski definition) is 7. The van der Waals surface area contributed by atoms with Crippen LogP contribution in [0.1, 0.15) is 11.7 Å². The molecule has 0 amide bonds. The largest absolute Gasteiger partial charge is 0.489 e. The molecule has 1 aliphatic rings. The zero-order valence-electron chi connectivity index (χ0n) is 12.9. The van der Waals surface area contributed by atoms with Crippen molar-refractivity contribution in [2.45, 2.75) is 30.5 Å². The van der Waals surface area contributed by atoms with Gasteiger partial charge in [-0.1, -0.05) is 36.4 Å². The number of carbonyl (C=O) groups is 1. The van der Waals surface area contributed by atoms with Crippen molar-refractivity contribution in [3.05, 3.63) is 60.4 Å². The maximum absolute atomic E-state index is 9.90. The highest BCUT2D eigenvalue weighted by atomic mass is 16.5. The van der Waals surface area contributed by atoms with Gasteiger partial charge in [-0.15, -0.1) is 0 Å². The van der Waals surface area contributed by atoms with E-state index in [2.05, 4.69) is 12.1 Å². The molecule has 1 aromatic carbocycles. The predicted molar refractivity (Wildman–Crippen MR) is 85.7 cm³/mol. The Kier molecular flexibility index (Phi) is 8.92. The minimum absolute atomic E-state index is 0.0258. The Balaban J connectivity index is 0.000000240. The fraction of sp³-hybridized carbons (Fsp3) is 0.353. The molecule has 2 rings (SSSR count). The van der Waals surface area contributed by atoms with E-state index in [0.29, 0.717) is 0 Å². The van der Waals surface area contributed by atoms with E-state index < -0.39 is 31.0 Å². The van der Waals surface area contributed by atoms with Gasteiger partial charge in [-0.05, 0) is 17.7 Å². The predicted octanol–water partition coefficient (Wildman–Crippen LogP) is -0.551. The van der Waals surface area contributed by atoms with Gasteiger partial charge < -0.3 is 35.1 Å². The molecule has 5 N–H and O–H groups in total. The number of ether oxygens (including phenoxy) is 1. The molecule has 1 aromatic rings. The molecular formula is C17H22O7. The van der Waals surface area contributed by atoms with Crippen LogP contribution in [0.15, 0.2) is 54.8 Å². The minimum Gasteiger partial charge on any atom is -0.489 e. The smallest absolute Gasteiger partial charge is 0.151 e. The number of aliphatic hydroxyl groups is 5. The van der Waals surface area contributed by atoms with Gasteiger partial charge in [-0.2, -0.15) is 0 Å². The molecule has 0 saturated carbocycles. The van der Waals surface area contributed by atoms with Crippen molar-refractivity contribution in [1.82, 2.24) is 0 Å². The lowest BCUT2D eigenvalue weighted by Gasteiger charge is -2.22. The fourth-order valence-corrected chi connectivity index (χ4v) is 1.84. The maximum atomic E-state index is 9.90. The lowest BCUT2D eigenvalue weighted by Crippen LogP contribution is -2.46. The molecule has 0 fully saturated rings. The first-order valence-electron chi connectivity index (χ1n) is 7.33. The van der Waals surface area contributed by atoms with Gasteiger partial charge >= 0.3 is 0 Å². The Hall–Kier alpha value is -2.03. The first-order chi connectivity index (χ1) is 11.5. The molecule has 0 bridgehead atoms. The van der Waals surface area contributed by atoms with E-state index in [4.69, 9.17) is 30.3 Å². The van der Waals surface area contributed by atoms with E-state index in [1.165, 1.54) is 5.56 Å². The van der Waals surface area contributed by atoms with Crippen LogP contribution in [0.2, 0.25) is 0 Å². The summed E-state index contributed by atoms with van der Waals surface area (Å²) in [6, 6.07) is 10.2. The van der Waals surface area contributed by atoms with Gasteiger partial charge in [-0.3, -0.25) is 0 Å². The molecule has 7 nitrogen and oxygen atoms in total. The van der Waals surface area contributed by atoms with Gasteiger partial charge in [0.25, 0.3) is 0 Å². The van der Waals surface area contributed by atoms with Crippen LogP contribution in [0.5, 0.6) is 0 Å². The van der Waals surface area contributed by atoms with Gasteiger partial charge in [0.1, 0.15) is 30.5 Å². The van der Waals surface area contributed by atoms with Crippen molar-refractivity contribution in [3.63, 3.8) is 0 Å². The molecule has 0 aliphatic carbocycles. The number of aldehydes is 1. The van der Waals surface area contributed by atoms with E-state index in [0.717, 1.165) is 0 Å². The van der Waals surface area contributed by atoms with Crippen LogP contribution in [-0.2, 0) is 9.53 Å². The second-order valence-electron chi connectivity index (χ2n) is 5.04. The first-order valence-corrected chi connectivity index (χ1v) is 7.33. The molecule has 5 atom stereocenters. The summed E-state index contributed by atoms with van der Waals surface area (Å²) in [7, 11) is 0. The summed E-state index contributed by atoms with van der Waals surface area (Å²) in [5, 5.41) is 43.5. The SMILES string of the molecule is C1=COC(c2ccccc2)C=C1.O=CC(O)C(O)C(O)C(O)CO. The van der Waals surface area contributed by atoms with Crippen molar-refractivity contribution >= 4 is 6.29 Å². The van der Waals surface area contributed by atoms with Crippen LogP contribution in [0.4, 0.5) is 0 Å². The molecule has 24 heavy (non-hydrogen) atoms. The molecule has 1 aliphatic heterocycles. The highest BCUT2D eigenvalue weighted by Crippen LogP contribution is 2.20. The highest BCUT2D eigenvalue weighted by molar-refractivity contribution is 5.56. The van der Waals surface area contributed by atoms with Gasteiger partial charge in [0, 0.05) is 0 Å². The average Bonchev–Trinajstić information content (AvgIpc) is 2.67. The van der Waals surface area contributed by atoms with Crippen molar-refractivity contribution in [2.75, 3.05) is 6.61 Å². The number of aliphatic hydroxyl groups excluding tert-OH is 5. The molecule has 0 radical (unpaired) electrons. The summed E-state index contributed by atoms with van der Waals surface area (Å²) < 4.78 is 5.40. The van der Waals surface area contributed by atoms with Crippen molar-refractivity contribution in [3.8, 4) is 0 Å². The number of allylic oxidation sites excluding steroid dienone is 2. The van der Waals surface area contributed by atoms with E-state index in [-0.39, 0.29) is 12.4 Å². The van der Waals surface area contributed by atoms with Crippen LogP contribution < -0.4 is 0 Å². The monoisotopic (exact) mass is 338 g/mol. The number of hydrogen-bond donors (Lipinski definition) is 5. The zero-order valence-corrected chi connectivity index (χ0v) is 12.9. The first kappa shape index (κ1) is 20.0. The Labute approximate surface area is 139 Å². The van der Waals surface area contributed by atoms with E-state index in [1.54, 1.807) is 6.26 Å². The van der Waals surface area contributed by atoms with Crippen molar-refractivity contribution in [2.24, 2.45) is 0 Å². The maximum Gasteiger partial charge on any atom is 0.151 e. The molecule has 0 saturated heterocycles. The van der Waals surface area contributed by atoms with E-state index >= 15 is 0 Å². The van der Waals surface area contributed by atoms with Gasteiger partial charge in [0.15, 0.2) is 6.29 Å². The standard InChI is InChI=1S/C11H10O.C6H12O6/c1-2-6-10(7-3-1)11-8-4-5-9-12-11;7-1-3(9)5(11)6(12)4(10)2-8/h1-9,11H;1,3-6,8-12H,2H2. The van der Waals surface area contributed by atoms with Crippen molar-refractivity contribution < 1.29 is 35.1 Å². The number of benzene rings is 1. The van der Waals surface area contributed by atoms with E-state index in [9.17, 15) is 4.79 Å². The topological polar surface area (TPSA) is 127 Å². The summed E-state index contributed by atoms with van der Waals surface area (Å²) in [5.41, 5.74) is 1.19. The Bertz CT molecular complexity index is 529. The molecule has 7 heteroatoms. The Morgan fingerprint density at radius 2 is 1.71 bits per heavy atom. The lowest BCUT2D eigenvalue weighted by molar-refractivity contribution is -0.136. The zero-order chi connectivity index (χ0) is 17.9. The molecule has 0 spiro atoms. The minimum atomic E-state index is -1.79. The van der Waals surface area contributed by atoms with Crippen LogP contribution in [0.3, 0.4) is 0 Å². The normalized spacial score (nSPS) is 20.8. The van der Waals surface area contributed by atoms with Gasteiger partial charge in [0.2, 0.25) is 0 Å². The summed E-state index contributed by atoms with van der Waals surface area (Å²) in [5.74, 6) is 0. The Morgan fingerprint density at radius 1 is 1.04 bits per heavy atom. The summed E-state index contributed by atoms with van der Waals surface area (Å²) in [6.45, 7) is -0.760. The van der Waals surface area contributed by atoms with Gasteiger partial charge in [-0.25, -0.2) is 0 Å². The second-order valence-corrected chi connectivity index (χ2v) is 5.04. The molecular weight excluding hydrogens is 316 g/mol.